The highest BCUT2D eigenvalue weighted by molar-refractivity contribution is 7.89. The van der Waals surface area contributed by atoms with Gasteiger partial charge in [-0.1, -0.05) is 0 Å². The molecule has 0 spiro atoms. The minimum Gasteiger partial charge on any atom is -0.323 e. The normalized spacial score (nSPS) is 14.6. The van der Waals surface area contributed by atoms with Crippen LogP contribution in [0.5, 0.6) is 0 Å². The van der Waals surface area contributed by atoms with Crippen LogP contribution >= 0.6 is 0 Å². The fourth-order valence-electron chi connectivity index (χ4n) is 4.12. The maximum Gasteiger partial charge on any atom is 0.247 e. The van der Waals surface area contributed by atoms with E-state index in [-0.39, 0.29) is 4.90 Å². The summed E-state index contributed by atoms with van der Waals surface area (Å²) in [6, 6.07) is 10.4. The summed E-state index contributed by atoms with van der Waals surface area (Å²) in [7, 11) is -3.55. The number of aromatic nitrogens is 5. The molecular weight excluding hydrogens is 452 g/mol. The lowest BCUT2D eigenvalue weighted by atomic mass is 10.0. The van der Waals surface area contributed by atoms with E-state index < -0.39 is 10.0 Å². The fourth-order valence-corrected chi connectivity index (χ4v) is 5.15. The van der Waals surface area contributed by atoms with E-state index in [4.69, 9.17) is 0 Å². The van der Waals surface area contributed by atoms with Crippen molar-refractivity contribution in [3.8, 4) is 11.1 Å². The molecule has 176 valence electrons. The molecule has 2 aromatic carbocycles. The van der Waals surface area contributed by atoms with E-state index in [0.29, 0.717) is 29.2 Å². The van der Waals surface area contributed by atoms with Gasteiger partial charge in [0.25, 0.3) is 0 Å². The summed E-state index contributed by atoms with van der Waals surface area (Å²) in [6.45, 7) is 5.22. The predicted molar refractivity (Wildman–Crippen MR) is 130 cm³/mol. The van der Waals surface area contributed by atoms with Crippen LogP contribution in [-0.4, -0.2) is 64.9 Å². The second kappa shape index (κ2) is 9.45. The van der Waals surface area contributed by atoms with Gasteiger partial charge >= 0.3 is 0 Å². The largest absolute Gasteiger partial charge is 0.323 e. The molecule has 5 rings (SSSR count). The van der Waals surface area contributed by atoms with Crippen molar-refractivity contribution >= 4 is 32.7 Å². The van der Waals surface area contributed by atoms with Crippen molar-refractivity contribution in [2.75, 3.05) is 31.5 Å². The molecule has 1 saturated heterocycles. The molecule has 0 amide bonds. The third-order valence-corrected chi connectivity index (χ3v) is 7.43. The molecule has 0 aliphatic carbocycles. The molecule has 34 heavy (non-hydrogen) atoms. The number of H-pyrrole nitrogens is 1. The number of likely N-dealkylation sites (tertiary alicyclic amines) is 1. The van der Waals surface area contributed by atoms with Gasteiger partial charge in [-0.05, 0) is 80.4 Å². The van der Waals surface area contributed by atoms with Gasteiger partial charge in [0.1, 0.15) is 5.52 Å². The number of hydrogen-bond acceptors (Lipinski definition) is 8. The lowest BCUT2D eigenvalue weighted by Gasteiger charge is -2.15. The van der Waals surface area contributed by atoms with Crippen molar-refractivity contribution in [3.05, 3.63) is 54.4 Å². The van der Waals surface area contributed by atoms with Crippen LogP contribution in [-0.2, 0) is 10.0 Å². The first-order valence-corrected chi connectivity index (χ1v) is 12.7. The Morgan fingerprint density at radius 3 is 2.59 bits per heavy atom. The molecule has 1 aliphatic rings. The summed E-state index contributed by atoms with van der Waals surface area (Å²) in [5.41, 5.74) is 5.10. The molecule has 0 unspecified atom stereocenters. The van der Waals surface area contributed by atoms with Gasteiger partial charge in [-0.15, -0.1) is 10.2 Å². The van der Waals surface area contributed by atoms with Crippen molar-refractivity contribution in [2.24, 2.45) is 0 Å². The lowest BCUT2D eigenvalue weighted by molar-refractivity contribution is 0.344. The summed E-state index contributed by atoms with van der Waals surface area (Å²) < 4.78 is 27.8. The van der Waals surface area contributed by atoms with E-state index in [9.17, 15) is 8.42 Å². The number of fused-ring (bicyclic) bond motifs is 1. The van der Waals surface area contributed by atoms with E-state index in [1.807, 2.05) is 25.3 Å². The molecule has 0 saturated carbocycles. The number of rotatable bonds is 8. The first-order valence-electron chi connectivity index (χ1n) is 11.2. The number of nitrogens with zero attached hydrogens (tertiary/aromatic N) is 5. The maximum atomic E-state index is 12.6. The standard InChI is InChI=1S/C23H26N8O2S/c1-16-12-21-22(13-20(16)17-14-24-25-15-17)29-30-23(28-21)27-18-4-6-19(7-5-18)34(32,33)26-8-11-31-9-2-3-10-31/h4-7,12-15,26H,2-3,8-11H2,1H3,(H,24,25)(H,27,28,30). The molecule has 3 heterocycles. The number of benzene rings is 2. The highest BCUT2D eigenvalue weighted by Gasteiger charge is 2.16. The van der Waals surface area contributed by atoms with Crippen molar-refractivity contribution in [1.29, 1.82) is 0 Å². The molecule has 3 N–H and O–H groups in total. The Kier molecular flexibility index (Phi) is 6.22. The fraction of sp³-hybridized carbons (Fsp3) is 0.304. The highest BCUT2D eigenvalue weighted by Crippen LogP contribution is 2.26. The van der Waals surface area contributed by atoms with Crippen LogP contribution in [0.3, 0.4) is 0 Å². The number of aryl methyl sites for hydroxylation is 1. The van der Waals surface area contributed by atoms with Crippen LogP contribution in [0.2, 0.25) is 0 Å². The lowest BCUT2D eigenvalue weighted by Crippen LogP contribution is -2.33. The molecule has 11 heteroatoms. The molecule has 0 bridgehead atoms. The zero-order valence-corrected chi connectivity index (χ0v) is 19.6. The van der Waals surface area contributed by atoms with Crippen molar-refractivity contribution in [1.82, 2.24) is 35.0 Å². The zero-order valence-electron chi connectivity index (χ0n) is 18.8. The van der Waals surface area contributed by atoms with E-state index in [1.54, 1.807) is 30.5 Å². The van der Waals surface area contributed by atoms with Crippen LogP contribution in [0.4, 0.5) is 11.6 Å². The number of anilines is 2. The third kappa shape index (κ3) is 4.91. The second-order valence-corrected chi connectivity index (χ2v) is 10.1. The predicted octanol–water partition coefficient (Wildman–Crippen LogP) is 2.84. The van der Waals surface area contributed by atoms with Crippen LogP contribution in [0.1, 0.15) is 18.4 Å². The number of sulfonamides is 1. The Labute approximate surface area is 197 Å². The molecule has 10 nitrogen and oxygen atoms in total. The summed E-state index contributed by atoms with van der Waals surface area (Å²) in [5.74, 6) is 0.335. The topological polar surface area (TPSA) is 129 Å². The Hall–Kier alpha value is -3.41. The Morgan fingerprint density at radius 1 is 1.06 bits per heavy atom. The number of aromatic amines is 1. The van der Waals surface area contributed by atoms with Crippen molar-refractivity contribution in [3.63, 3.8) is 0 Å². The Balaban J connectivity index is 1.26. The first-order chi connectivity index (χ1) is 16.5. The van der Waals surface area contributed by atoms with Gasteiger partial charge in [0.05, 0.1) is 16.6 Å². The first kappa shape index (κ1) is 22.4. The minimum atomic E-state index is -3.55. The summed E-state index contributed by atoms with van der Waals surface area (Å²) >= 11 is 0. The van der Waals surface area contributed by atoms with Gasteiger partial charge < -0.3 is 10.2 Å². The van der Waals surface area contributed by atoms with Crippen LogP contribution in [0.25, 0.3) is 22.2 Å². The van der Waals surface area contributed by atoms with Crippen molar-refractivity contribution in [2.45, 2.75) is 24.7 Å². The van der Waals surface area contributed by atoms with Gasteiger partial charge in [0.2, 0.25) is 16.0 Å². The zero-order chi connectivity index (χ0) is 23.5. The Morgan fingerprint density at radius 2 is 1.85 bits per heavy atom. The second-order valence-electron chi connectivity index (χ2n) is 8.37. The van der Waals surface area contributed by atoms with Gasteiger partial charge in [-0.3, -0.25) is 5.10 Å². The molecular formula is C23H26N8O2S. The molecule has 0 radical (unpaired) electrons. The van der Waals surface area contributed by atoms with Crippen molar-refractivity contribution < 1.29 is 8.42 Å². The highest BCUT2D eigenvalue weighted by atomic mass is 32.2. The smallest absolute Gasteiger partial charge is 0.247 e. The Bertz CT molecular complexity index is 1380. The van der Waals surface area contributed by atoms with E-state index >= 15 is 0 Å². The SMILES string of the molecule is Cc1cc2nc(Nc3ccc(S(=O)(=O)NCCN4CCCC4)cc3)nnc2cc1-c1cn[nH]c1. The maximum absolute atomic E-state index is 12.6. The minimum absolute atomic E-state index is 0.222. The van der Waals surface area contributed by atoms with Crippen LogP contribution < -0.4 is 10.0 Å². The van der Waals surface area contributed by atoms with Gasteiger partial charge in [-0.25, -0.2) is 18.1 Å². The monoisotopic (exact) mass is 478 g/mol. The average molecular weight is 479 g/mol. The van der Waals surface area contributed by atoms with E-state index in [2.05, 4.69) is 40.3 Å². The third-order valence-electron chi connectivity index (χ3n) is 5.95. The number of hydrogen-bond donors (Lipinski definition) is 3. The molecule has 0 atom stereocenters. The van der Waals surface area contributed by atoms with E-state index in [0.717, 1.165) is 36.3 Å². The summed E-state index contributed by atoms with van der Waals surface area (Å²) in [5, 5.41) is 18.4. The molecule has 1 aliphatic heterocycles. The van der Waals surface area contributed by atoms with Crippen LogP contribution in [0.15, 0.2) is 53.7 Å². The quantitative estimate of drug-likeness (QED) is 0.353. The average Bonchev–Trinajstić information content (AvgIpc) is 3.53. The molecule has 1 fully saturated rings. The van der Waals surface area contributed by atoms with Crippen LogP contribution in [0, 0.1) is 6.92 Å². The van der Waals surface area contributed by atoms with Gasteiger partial charge in [0.15, 0.2) is 0 Å². The van der Waals surface area contributed by atoms with E-state index in [1.165, 1.54) is 12.8 Å². The van der Waals surface area contributed by atoms with Gasteiger partial charge in [0, 0.05) is 30.5 Å². The number of nitrogens with one attached hydrogen (secondary N) is 3. The van der Waals surface area contributed by atoms with Gasteiger partial charge in [-0.2, -0.15) is 5.10 Å². The summed E-state index contributed by atoms with van der Waals surface area (Å²) in [6.07, 6.45) is 5.96. The summed E-state index contributed by atoms with van der Waals surface area (Å²) in [4.78, 5) is 7.05. The molecule has 4 aromatic rings. The molecule has 2 aromatic heterocycles.